The zero-order valence-corrected chi connectivity index (χ0v) is 15.1. The van der Waals surface area contributed by atoms with Crippen LogP contribution in [0.2, 0.25) is 0 Å². The number of hydrogen-bond acceptors (Lipinski definition) is 2. The molecule has 2 N–H and O–H groups in total. The van der Waals surface area contributed by atoms with Crippen LogP contribution in [0.25, 0.3) is 0 Å². The Morgan fingerprint density at radius 1 is 1.04 bits per heavy atom. The third-order valence-electron chi connectivity index (χ3n) is 2.95. The molecule has 0 spiro atoms. The number of amides is 2. The second-order valence-corrected chi connectivity index (χ2v) is 6.46. The molecule has 0 fully saturated rings. The number of halogens is 3. The average Bonchev–Trinajstić information content (AvgIpc) is 2.50. The van der Waals surface area contributed by atoms with Gasteiger partial charge in [0.1, 0.15) is 5.82 Å². The van der Waals surface area contributed by atoms with Gasteiger partial charge in [-0.25, -0.2) is 4.39 Å². The molecule has 0 aliphatic heterocycles. The molecule has 0 saturated carbocycles. The fraction of sp³-hybridized carbons (Fsp3) is 0.125. The van der Waals surface area contributed by atoms with Crippen LogP contribution >= 0.6 is 31.9 Å². The molecule has 0 aromatic heterocycles. The summed E-state index contributed by atoms with van der Waals surface area (Å²) < 4.78 is 14.3. The molecule has 0 heterocycles. The lowest BCUT2D eigenvalue weighted by Crippen LogP contribution is -2.27. The van der Waals surface area contributed by atoms with Crippen LogP contribution in [0.15, 0.2) is 51.4 Å². The molecule has 2 aromatic rings. The summed E-state index contributed by atoms with van der Waals surface area (Å²) in [5, 5.41) is 5.32. The smallest absolute Gasteiger partial charge is 0.251 e. The van der Waals surface area contributed by atoms with Gasteiger partial charge in [0.05, 0.1) is 5.69 Å². The Labute approximate surface area is 149 Å². The first-order valence-electron chi connectivity index (χ1n) is 6.74. The molecule has 2 aromatic carbocycles. The largest absolute Gasteiger partial charge is 0.352 e. The zero-order chi connectivity index (χ0) is 16.8. The summed E-state index contributed by atoms with van der Waals surface area (Å²) in [7, 11) is 0. The highest BCUT2D eigenvalue weighted by molar-refractivity contribution is 9.10. The van der Waals surface area contributed by atoms with Crippen molar-refractivity contribution >= 4 is 49.4 Å². The van der Waals surface area contributed by atoms with Gasteiger partial charge in [-0.3, -0.25) is 9.59 Å². The monoisotopic (exact) mass is 442 g/mol. The summed E-state index contributed by atoms with van der Waals surface area (Å²) in [5.74, 6) is -0.904. The summed E-state index contributed by atoms with van der Waals surface area (Å²) in [6, 6.07) is 10.9. The van der Waals surface area contributed by atoms with Gasteiger partial charge in [-0.1, -0.05) is 15.9 Å². The Morgan fingerprint density at radius 3 is 2.39 bits per heavy atom. The van der Waals surface area contributed by atoms with Crippen molar-refractivity contribution in [3.8, 4) is 0 Å². The van der Waals surface area contributed by atoms with E-state index in [0.29, 0.717) is 15.7 Å². The van der Waals surface area contributed by atoms with Gasteiger partial charge in [-0.15, -0.1) is 0 Å². The predicted molar refractivity (Wildman–Crippen MR) is 93.8 cm³/mol. The van der Waals surface area contributed by atoms with Gasteiger partial charge in [0.15, 0.2) is 0 Å². The van der Waals surface area contributed by atoms with Crippen LogP contribution in [0.5, 0.6) is 0 Å². The summed E-state index contributed by atoms with van der Waals surface area (Å²) >= 11 is 6.47. The second kappa shape index (κ2) is 8.21. The van der Waals surface area contributed by atoms with Crippen LogP contribution in [0.1, 0.15) is 16.8 Å². The fourth-order valence-corrected chi connectivity index (χ4v) is 2.51. The third-order valence-corrected chi connectivity index (χ3v) is 4.13. The Balaban J connectivity index is 1.80. The average molecular weight is 444 g/mol. The molecule has 120 valence electrons. The van der Waals surface area contributed by atoms with E-state index in [1.807, 2.05) is 0 Å². The molecule has 0 unspecified atom stereocenters. The molecular formula is C16H13Br2FN2O2. The number of nitrogens with one attached hydrogen (secondary N) is 2. The van der Waals surface area contributed by atoms with E-state index in [2.05, 4.69) is 42.5 Å². The van der Waals surface area contributed by atoms with Crippen LogP contribution in [-0.2, 0) is 4.79 Å². The Bertz CT molecular complexity index is 721. The SMILES string of the molecule is O=C(CCNC(=O)c1ccc(Br)cc1)Nc1ccc(F)cc1Br. The van der Waals surface area contributed by atoms with Crippen LogP contribution in [-0.4, -0.2) is 18.4 Å². The molecule has 0 saturated heterocycles. The highest BCUT2D eigenvalue weighted by atomic mass is 79.9. The minimum absolute atomic E-state index is 0.117. The zero-order valence-electron chi connectivity index (χ0n) is 11.9. The number of anilines is 1. The first-order chi connectivity index (χ1) is 11.0. The van der Waals surface area contributed by atoms with Gasteiger partial charge in [0.25, 0.3) is 5.91 Å². The molecule has 0 radical (unpaired) electrons. The first kappa shape index (κ1) is 17.6. The first-order valence-corrected chi connectivity index (χ1v) is 8.33. The Hall–Kier alpha value is -1.73. The Morgan fingerprint density at radius 2 is 1.74 bits per heavy atom. The van der Waals surface area contributed by atoms with Crippen molar-refractivity contribution in [1.82, 2.24) is 5.32 Å². The van der Waals surface area contributed by atoms with E-state index >= 15 is 0 Å². The van der Waals surface area contributed by atoms with Crippen LogP contribution in [0.3, 0.4) is 0 Å². The predicted octanol–water partition coefficient (Wildman–Crippen LogP) is 4.11. The lowest BCUT2D eigenvalue weighted by molar-refractivity contribution is -0.116. The van der Waals surface area contributed by atoms with Crippen molar-refractivity contribution in [2.75, 3.05) is 11.9 Å². The van der Waals surface area contributed by atoms with Crippen molar-refractivity contribution < 1.29 is 14.0 Å². The van der Waals surface area contributed by atoms with E-state index in [0.717, 1.165) is 4.47 Å². The van der Waals surface area contributed by atoms with E-state index in [4.69, 9.17) is 0 Å². The maximum atomic E-state index is 13.0. The van der Waals surface area contributed by atoms with Crippen LogP contribution in [0, 0.1) is 5.82 Å². The van der Waals surface area contributed by atoms with Gasteiger partial charge in [-0.05, 0) is 58.4 Å². The lowest BCUT2D eigenvalue weighted by Gasteiger charge is -2.08. The minimum Gasteiger partial charge on any atom is -0.352 e. The molecule has 7 heteroatoms. The second-order valence-electron chi connectivity index (χ2n) is 4.69. The van der Waals surface area contributed by atoms with Gasteiger partial charge in [-0.2, -0.15) is 0 Å². The van der Waals surface area contributed by atoms with Crippen molar-refractivity contribution in [1.29, 1.82) is 0 Å². The molecule has 0 aliphatic carbocycles. The standard InChI is InChI=1S/C16H13Br2FN2O2/c17-11-3-1-10(2-4-11)16(23)20-8-7-15(22)21-14-6-5-12(19)9-13(14)18/h1-6,9H,7-8H2,(H,20,23)(H,21,22). The lowest BCUT2D eigenvalue weighted by atomic mass is 10.2. The van der Waals surface area contributed by atoms with Gasteiger partial charge in [0, 0.05) is 27.5 Å². The van der Waals surface area contributed by atoms with E-state index in [9.17, 15) is 14.0 Å². The summed E-state index contributed by atoms with van der Waals surface area (Å²) in [5.41, 5.74) is 1.01. The number of rotatable bonds is 5. The highest BCUT2D eigenvalue weighted by Crippen LogP contribution is 2.23. The van der Waals surface area contributed by atoms with Crippen molar-refractivity contribution in [3.05, 3.63) is 62.8 Å². The van der Waals surface area contributed by atoms with Gasteiger partial charge >= 0.3 is 0 Å². The van der Waals surface area contributed by atoms with E-state index in [-0.39, 0.29) is 24.8 Å². The molecule has 23 heavy (non-hydrogen) atoms. The molecule has 0 aliphatic rings. The van der Waals surface area contributed by atoms with E-state index in [1.165, 1.54) is 18.2 Å². The van der Waals surface area contributed by atoms with Crippen molar-refractivity contribution in [2.45, 2.75) is 6.42 Å². The van der Waals surface area contributed by atoms with Gasteiger partial charge < -0.3 is 10.6 Å². The topological polar surface area (TPSA) is 58.2 Å². The third kappa shape index (κ3) is 5.44. The quantitative estimate of drug-likeness (QED) is 0.730. The normalized spacial score (nSPS) is 10.2. The highest BCUT2D eigenvalue weighted by Gasteiger charge is 2.08. The van der Waals surface area contributed by atoms with Gasteiger partial charge in [0.2, 0.25) is 5.91 Å². The molecule has 4 nitrogen and oxygen atoms in total. The van der Waals surface area contributed by atoms with Crippen molar-refractivity contribution in [3.63, 3.8) is 0 Å². The summed E-state index contributed by atoms with van der Waals surface area (Å²) in [4.78, 5) is 23.7. The molecule has 0 bridgehead atoms. The maximum absolute atomic E-state index is 13.0. The Kier molecular flexibility index (Phi) is 6.29. The molecular weight excluding hydrogens is 431 g/mol. The van der Waals surface area contributed by atoms with Crippen LogP contribution in [0.4, 0.5) is 10.1 Å². The number of carbonyl (C=O) groups is 2. The number of hydrogen-bond donors (Lipinski definition) is 2. The van der Waals surface area contributed by atoms with Crippen molar-refractivity contribution in [2.24, 2.45) is 0 Å². The number of benzene rings is 2. The van der Waals surface area contributed by atoms with Crippen LogP contribution < -0.4 is 10.6 Å². The molecule has 0 atom stereocenters. The minimum atomic E-state index is -0.392. The summed E-state index contributed by atoms with van der Waals surface area (Å²) in [6.45, 7) is 0.208. The molecule has 2 rings (SSSR count). The van der Waals surface area contributed by atoms with E-state index in [1.54, 1.807) is 24.3 Å². The fourth-order valence-electron chi connectivity index (χ4n) is 1.80. The number of carbonyl (C=O) groups excluding carboxylic acids is 2. The maximum Gasteiger partial charge on any atom is 0.251 e. The van der Waals surface area contributed by atoms with E-state index < -0.39 is 5.82 Å². The molecule has 2 amide bonds. The summed E-state index contributed by atoms with van der Waals surface area (Å²) in [6.07, 6.45) is 0.117.